The van der Waals surface area contributed by atoms with E-state index >= 15 is 0 Å². The molecule has 4 N–H and O–H groups in total. The molecule has 0 unspecified atom stereocenters. The van der Waals surface area contributed by atoms with Crippen molar-refractivity contribution in [2.24, 2.45) is 11.5 Å². The quantitative estimate of drug-likeness (QED) is 0.380. The predicted molar refractivity (Wildman–Crippen MR) is 23.9 cm³/mol. The monoisotopic (exact) mass is 83.1 g/mol. The van der Waals surface area contributed by atoms with Gasteiger partial charge in [-0.2, -0.15) is 0 Å². The van der Waals surface area contributed by atoms with Gasteiger partial charge in [0, 0.05) is 42.6 Å². The Bertz CT molecular complexity index is 9.61. The molecule has 27 valence electrons. The molecule has 0 amide bonds. The fourth-order valence-corrected chi connectivity index (χ4v) is 0. The second-order valence-electron chi connectivity index (χ2n) is 0.577. The van der Waals surface area contributed by atoms with Gasteiger partial charge in [-0.1, -0.05) is 0 Å². The summed E-state index contributed by atoms with van der Waals surface area (Å²) in [4.78, 5) is 0. The fourth-order valence-electron chi connectivity index (χ4n) is 0. The van der Waals surface area contributed by atoms with Crippen molar-refractivity contribution in [3.8, 4) is 0 Å². The molecule has 0 spiro atoms. The van der Waals surface area contributed by atoms with Gasteiger partial charge in [-0.05, 0) is 0 Å². The molecule has 2 nitrogen and oxygen atoms in total. The van der Waals surface area contributed by atoms with Crippen LogP contribution in [0.5, 0.6) is 0 Å². The number of nitrogens with two attached hydrogens (primary N) is 2. The summed E-state index contributed by atoms with van der Waals surface area (Å²) in [6, 6.07) is 0. The second-order valence-corrected chi connectivity index (χ2v) is 0.577. The first-order chi connectivity index (χ1) is 1.91. The van der Waals surface area contributed by atoms with Crippen molar-refractivity contribution in [1.82, 2.24) is 0 Å². The average Bonchev–Trinajstić information content (AvgIpc) is 1.37. The summed E-state index contributed by atoms with van der Waals surface area (Å²) < 4.78 is 0. The maximum atomic E-state index is 4.90. The molecular weight excluding hydrogens is 75.0 g/mol. The van der Waals surface area contributed by atoms with Crippen LogP contribution in [0.1, 0.15) is 0 Å². The van der Waals surface area contributed by atoms with Crippen LogP contribution in [0, 0.1) is 0 Å². The van der Waals surface area contributed by atoms with Gasteiger partial charge in [-0.15, -0.1) is 0 Å². The van der Waals surface area contributed by atoms with Crippen molar-refractivity contribution in [3.63, 3.8) is 0 Å². The number of rotatable bonds is 1. The molecule has 0 saturated carbocycles. The van der Waals surface area contributed by atoms with Gasteiger partial charge in [0.1, 0.15) is 0 Å². The van der Waals surface area contributed by atoms with E-state index in [0.29, 0.717) is 13.1 Å². The normalized spacial score (nSPS) is 6.00. The fraction of sp³-hybridized carbons (Fsp3) is 1.00. The molecule has 0 bridgehead atoms. The SMILES string of the molecule is NCCN.[Na]. The predicted octanol–water partition coefficient (Wildman–Crippen LogP) is -1.48. The van der Waals surface area contributed by atoms with Crippen LogP contribution < -0.4 is 11.5 Å². The van der Waals surface area contributed by atoms with Crippen LogP contribution in [0.2, 0.25) is 0 Å². The van der Waals surface area contributed by atoms with Crippen LogP contribution in [0.15, 0.2) is 0 Å². The molecule has 0 saturated heterocycles. The molecule has 0 aromatic carbocycles. The smallest absolute Gasteiger partial charge is 0.00461 e. The zero-order chi connectivity index (χ0) is 3.41. The van der Waals surface area contributed by atoms with Crippen LogP contribution in [0.3, 0.4) is 0 Å². The summed E-state index contributed by atoms with van der Waals surface area (Å²) >= 11 is 0. The minimum Gasteiger partial charge on any atom is -0.329 e. The van der Waals surface area contributed by atoms with E-state index < -0.39 is 0 Å². The van der Waals surface area contributed by atoms with Crippen LogP contribution in [-0.2, 0) is 0 Å². The van der Waals surface area contributed by atoms with Crippen LogP contribution in [0.4, 0.5) is 0 Å². The van der Waals surface area contributed by atoms with E-state index in [4.69, 9.17) is 11.5 Å². The zero-order valence-corrected chi connectivity index (χ0v) is 5.57. The molecule has 1 radical (unpaired) electrons. The summed E-state index contributed by atoms with van der Waals surface area (Å²) in [5.41, 5.74) is 9.81. The van der Waals surface area contributed by atoms with Gasteiger partial charge in [0.05, 0.1) is 0 Å². The Morgan fingerprint density at radius 2 is 1.20 bits per heavy atom. The van der Waals surface area contributed by atoms with E-state index in [1.54, 1.807) is 0 Å². The molecule has 0 aromatic rings. The number of hydrogen-bond acceptors (Lipinski definition) is 2. The summed E-state index contributed by atoms with van der Waals surface area (Å²) in [5.74, 6) is 0. The summed E-state index contributed by atoms with van der Waals surface area (Å²) in [7, 11) is 0. The van der Waals surface area contributed by atoms with Gasteiger partial charge in [0.2, 0.25) is 0 Å². The molecule has 0 aromatic heterocycles. The van der Waals surface area contributed by atoms with E-state index in [2.05, 4.69) is 0 Å². The summed E-state index contributed by atoms with van der Waals surface area (Å²) in [5, 5.41) is 0. The van der Waals surface area contributed by atoms with Crippen molar-refractivity contribution in [1.29, 1.82) is 0 Å². The van der Waals surface area contributed by atoms with Gasteiger partial charge < -0.3 is 11.5 Å². The van der Waals surface area contributed by atoms with Crippen LogP contribution in [-0.4, -0.2) is 42.6 Å². The molecular formula is C2H8N2Na. The molecule has 0 fully saturated rings. The van der Waals surface area contributed by atoms with E-state index in [1.807, 2.05) is 0 Å². The zero-order valence-electron chi connectivity index (χ0n) is 3.57. The standard InChI is InChI=1S/C2H8N2.Na/c3-1-2-4;/h1-4H2;. The second kappa shape index (κ2) is 8.87. The Labute approximate surface area is 54.2 Å². The molecule has 0 rings (SSSR count). The molecule has 0 aliphatic heterocycles. The molecule has 0 aliphatic carbocycles. The molecule has 0 atom stereocenters. The van der Waals surface area contributed by atoms with Crippen LogP contribution in [0.25, 0.3) is 0 Å². The van der Waals surface area contributed by atoms with Crippen LogP contribution >= 0.6 is 0 Å². The van der Waals surface area contributed by atoms with Crippen molar-refractivity contribution < 1.29 is 0 Å². The third-order valence-electron chi connectivity index (χ3n) is 0.167. The first-order valence-corrected chi connectivity index (χ1v) is 1.32. The van der Waals surface area contributed by atoms with E-state index in [0.717, 1.165) is 0 Å². The minimum absolute atomic E-state index is 0. The van der Waals surface area contributed by atoms with Gasteiger partial charge >= 0.3 is 0 Å². The molecule has 0 aliphatic rings. The third-order valence-corrected chi connectivity index (χ3v) is 0.167. The van der Waals surface area contributed by atoms with E-state index in [9.17, 15) is 0 Å². The van der Waals surface area contributed by atoms with E-state index in [-0.39, 0.29) is 29.6 Å². The minimum atomic E-state index is 0. The third kappa shape index (κ3) is 11.4. The Morgan fingerprint density at radius 3 is 1.20 bits per heavy atom. The van der Waals surface area contributed by atoms with Crippen molar-refractivity contribution in [2.45, 2.75) is 0 Å². The van der Waals surface area contributed by atoms with Crippen molar-refractivity contribution in [3.05, 3.63) is 0 Å². The van der Waals surface area contributed by atoms with Crippen molar-refractivity contribution in [2.75, 3.05) is 13.1 Å². The first-order valence-electron chi connectivity index (χ1n) is 1.32. The summed E-state index contributed by atoms with van der Waals surface area (Å²) in [6.07, 6.45) is 0. The topological polar surface area (TPSA) is 52.0 Å². The molecule has 3 heteroatoms. The molecule has 5 heavy (non-hydrogen) atoms. The summed E-state index contributed by atoms with van der Waals surface area (Å²) in [6.45, 7) is 1.19. The Morgan fingerprint density at radius 1 is 1.00 bits per heavy atom. The van der Waals surface area contributed by atoms with Gasteiger partial charge in [0.25, 0.3) is 0 Å². The molecule has 0 heterocycles. The Kier molecular flexibility index (Phi) is 16.5. The largest absolute Gasteiger partial charge is 0.329 e. The maximum Gasteiger partial charge on any atom is 0.00461 e. The van der Waals surface area contributed by atoms with Gasteiger partial charge in [0.15, 0.2) is 0 Å². The number of hydrogen-bond donors (Lipinski definition) is 2. The maximum absolute atomic E-state index is 4.90. The first kappa shape index (κ1) is 9.33. The van der Waals surface area contributed by atoms with Gasteiger partial charge in [-0.25, -0.2) is 0 Å². The van der Waals surface area contributed by atoms with Crippen molar-refractivity contribution >= 4 is 29.6 Å². The average molecular weight is 83.1 g/mol. The van der Waals surface area contributed by atoms with Gasteiger partial charge in [-0.3, -0.25) is 0 Å². The van der Waals surface area contributed by atoms with E-state index in [1.165, 1.54) is 0 Å². The Hall–Kier alpha value is 0.920. The Balaban J connectivity index is 0.